The van der Waals surface area contributed by atoms with Crippen LogP contribution in [-0.2, 0) is 4.79 Å². The van der Waals surface area contributed by atoms with Crippen molar-refractivity contribution < 1.29 is 9.90 Å². The largest absolute Gasteiger partial charge is 0.396 e. The molecule has 232 valence electrons. The Hall–Kier alpha value is -0.830. The predicted molar refractivity (Wildman–Crippen MR) is 173 cm³/mol. The maximum atomic E-state index is 12.0. The van der Waals surface area contributed by atoms with Gasteiger partial charge in [0.1, 0.15) is 0 Å². The van der Waals surface area contributed by atoms with Crippen molar-refractivity contribution in [2.75, 3.05) is 13.2 Å². The molecular formula is C36H71NO2. The van der Waals surface area contributed by atoms with Gasteiger partial charge in [0.15, 0.2) is 0 Å². The van der Waals surface area contributed by atoms with Gasteiger partial charge >= 0.3 is 0 Å². The lowest BCUT2D eigenvalue weighted by atomic mass is 10.0. The highest BCUT2D eigenvalue weighted by Crippen LogP contribution is 2.14. The molecule has 0 bridgehead atoms. The van der Waals surface area contributed by atoms with E-state index in [-0.39, 0.29) is 5.91 Å². The first kappa shape index (κ1) is 38.2. The average Bonchev–Trinajstić information content (AvgIpc) is 2.94. The van der Waals surface area contributed by atoms with Crippen molar-refractivity contribution in [3.63, 3.8) is 0 Å². The van der Waals surface area contributed by atoms with E-state index in [2.05, 4.69) is 24.4 Å². The zero-order valence-electron chi connectivity index (χ0n) is 26.6. The van der Waals surface area contributed by atoms with E-state index in [1.54, 1.807) is 0 Å². The number of nitrogens with one attached hydrogen (secondary N) is 1. The minimum Gasteiger partial charge on any atom is -0.396 e. The lowest BCUT2D eigenvalue weighted by Gasteiger charge is -2.06. The number of aliphatic hydroxyl groups excluding tert-OH is 1. The number of carbonyl (C=O) groups excluding carboxylic acids is 1. The Morgan fingerprint density at radius 1 is 0.487 bits per heavy atom. The van der Waals surface area contributed by atoms with Crippen molar-refractivity contribution in [2.45, 2.75) is 200 Å². The smallest absolute Gasteiger partial charge is 0.219 e. The van der Waals surface area contributed by atoms with Gasteiger partial charge in [0.25, 0.3) is 0 Å². The van der Waals surface area contributed by atoms with Crippen LogP contribution in [0.3, 0.4) is 0 Å². The van der Waals surface area contributed by atoms with Crippen LogP contribution in [0.1, 0.15) is 200 Å². The van der Waals surface area contributed by atoms with Crippen LogP contribution >= 0.6 is 0 Å². The Labute approximate surface area is 245 Å². The molecule has 0 aromatic carbocycles. The van der Waals surface area contributed by atoms with Gasteiger partial charge in [0.2, 0.25) is 5.91 Å². The Morgan fingerprint density at radius 3 is 1.28 bits per heavy atom. The van der Waals surface area contributed by atoms with Crippen LogP contribution in [0.25, 0.3) is 0 Å². The summed E-state index contributed by atoms with van der Waals surface area (Å²) in [5.41, 5.74) is 0. The highest BCUT2D eigenvalue weighted by molar-refractivity contribution is 5.75. The summed E-state index contributed by atoms with van der Waals surface area (Å²) < 4.78 is 0. The summed E-state index contributed by atoms with van der Waals surface area (Å²) in [7, 11) is 0. The van der Waals surface area contributed by atoms with Crippen LogP contribution in [-0.4, -0.2) is 24.2 Å². The second-order valence-electron chi connectivity index (χ2n) is 12.1. The molecule has 3 heteroatoms. The number of amides is 1. The van der Waals surface area contributed by atoms with Crippen LogP contribution in [0.4, 0.5) is 0 Å². The van der Waals surface area contributed by atoms with Crippen molar-refractivity contribution >= 4 is 5.91 Å². The number of allylic oxidation sites excluding steroid dienone is 2. The van der Waals surface area contributed by atoms with Gasteiger partial charge in [-0.2, -0.15) is 0 Å². The first-order chi connectivity index (χ1) is 19.3. The van der Waals surface area contributed by atoms with Gasteiger partial charge in [-0.05, 0) is 44.9 Å². The normalized spacial score (nSPS) is 11.5. The maximum absolute atomic E-state index is 12.0. The third-order valence-corrected chi connectivity index (χ3v) is 8.07. The summed E-state index contributed by atoms with van der Waals surface area (Å²) in [6, 6.07) is 0. The summed E-state index contributed by atoms with van der Waals surface area (Å²) in [6.07, 6.45) is 43.5. The maximum Gasteiger partial charge on any atom is 0.219 e. The topological polar surface area (TPSA) is 49.3 Å². The highest BCUT2D eigenvalue weighted by Gasteiger charge is 2.01. The summed E-state index contributed by atoms with van der Waals surface area (Å²) in [6.45, 7) is 3.50. The molecule has 0 fully saturated rings. The highest BCUT2D eigenvalue weighted by atomic mass is 16.2. The standard InChI is InChI=1S/C36H71NO2/c1-2-3-4-5-6-7-8-9-12-15-18-21-24-27-30-33-36(39)37-34-31-28-25-22-19-16-13-10-11-14-17-20-23-26-29-32-35-38/h9,12,38H,2-8,10-11,13-35H2,1H3,(H,37,39)/b12-9-. The van der Waals surface area contributed by atoms with E-state index >= 15 is 0 Å². The number of carbonyl (C=O) groups is 1. The second-order valence-corrected chi connectivity index (χ2v) is 12.1. The molecule has 0 saturated heterocycles. The molecule has 0 heterocycles. The Morgan fingerprint density at radius 2 is 0.846 bits per heavy atom. The van der Waals surface area contributed by atoms with Gasteiger partial charge in [-0.15, -0.1) is 0 Å². The van der Waals surface area contributed by atoms with Gasteiger partial charge < -0.3 is 10.4 Å². The van der Waals surface area contributed by atoms with Crippen molar-refractivity contribution in [1.29, 1.82) is 0 Å². The fraction of sp³-hybridized carbons (Fsp3) is 0.917. The SMILES string of the molecule is CCCCCCCC/C=C\CCCCCCCC(=O)NCCCCCCCCCCCCCCCCCCO. The minimum absolute atomic E-state index is 0.259. The lowest BCUT2D eigenvalue weighted by Crippen LogP contribution is -2.23. The van der Waals surface area contributed by atoms with Crippen LogP contribution in [0.5, 0.6) is 0 Å². The summed E-state index contributed by atoms with van der Waals surface area (Å²) in [4.78, 5) is 12.0. The van der Waals surface area contributed by atoms with Gasteiger partial charge in [-0.1, -0.05) is 160 Å². The van der Waals surface area contributed by atoms with E-state index in [1.165, 1.54) is 167 Å². The van der Waals surface area contributed by atoms with E-state index in [9.17, 15) is 4.79 Å². The molecule has 1 amide bonds. The first-order valence-electron chi connectivity index (χ1n) is 17.8. The molecule has 0 spiro atoms. The van der Waals surface area contributed by atoms with Crippen LogP contribution in [0.2, 0.25) is 0 Å². The van der Waals surface area contributed by atoms with E-state index in [4.69, 9.17) is 5.11 Å². The Bertz CT molecular complexity index is 490. The Balaban J connectivity index is 3.18. The van der Waals surface area contributed by atoms with Gasteiger partial charge in [0, 0.05) is 19.6 Å². The van der Waals surface area contributed by atoms with Crippen molar-refractivity contribution in [2.24, 2.45) is 0 Å². The summed E-state index contributed by atoms with van der Waals surface area (Å²) >= 11 is 0. The molecule has 0 aliphatic rings. The van der Waals surface area contributed by atoms with Crippen LogP contribution in [0, 0.1) is 0 Å². The number of aliphatic hydroxyl groups is 1. The number of hydrogen-bond donors (Lipinski definition) is 2. The van der Waals surface area contributed by atoms with E-state index < -0.39 is 0 Å². The molecule has 0 aliphatic heterocycles. The van der Waals surface area contributed by atoms with E-state index in [0.29, 0.717) is 13.0 Å². The number of rotatable bonds is 33. The van der Waals surface area contributed by atoms with Crippen molar-refractivity contribution in [3.8, 4) is 0 Å². The molecule has 0 radical (unpaired) electrons. The third kappa shape index (κ3) is 35.1. The molecule has 3 nitrogen and oxygen atoms in total. The summed E-state index contributed by atoms with van der Waals surface area (Å²) in [5.74, 6) is 0.259. The zero-order valence-corrected chi connectivity index (χ0v) is 26.6. The first-order valence-corrected chi connectivity index (χ1v) is 17.8. The minimum atomic E-state index is 0.259. The molecule has 0 saturated carbocycles. The predicted octanol–water partition coefficient (Wildman–Crippen LogP) is 11.4. The molecule has 0 atom stereocenters. The molecule has 2 N–H and O–H groups in total. The van der Waals surface area contributed by atoms with Gasteiger partial charge in [0.05, 0.1) is 0 Å². The van der Waals surface area contributed by atoms with Gasteiger partial charge in [-0.25, -0.2) is 0 Å². The third-order valence-electron chi connectivity index (χ3n) is 8.07. The summed E-state index contributed by atoms with van der Waals surface area (Å²) in [5, 5.41) is 11.9. The second kappa shape index (κ2) is 35.2. The number of unbranched alkanes of at least 4 members (excludes halogenated alkanes) is 26. The number of hydrogen-bond acceptors (Lipinski definition) is 2. The van der Waals surface area contributed by atoms with E-state index in [1.807, 2.05) is 0 Å². The Kier molecular flexibility index (Phi) is 34.4. The van der Waals surface area contributed by atoms with Crippen molar-refractivity contribution in [3.05, 3.63) is 12.2 Å². The average molecular weight is 550 g/mol. The molecule has 0 rings (SSSR count). The monoisotopic (exact) mass is 550 g/mol. The van der Waals surface area contributed by atoms with Gasteiger partial charge in [-0.3, -0.25) is 4.79 Å². The molecule has 0 aromatic rings. The van der Waals surface area contributed by atoms with Crippen LogP contribution < -0.4 is 5.32 Å². The quantitative estimate of drug-likeness (QED) is 0.0631. The fourth-order valence-corrected chi connectivity index (χ4v) is 5.38. The van der Waals surface area contributed by atoms with E-state index in [0.717, 1.165) is 25.8 Å². The molecule has 0 aromatic heterocycles. The van der Waals surface area contributed by atoms with Crippen LogP contribution in [0.15, 0.2) is 12.2 Å². The fourth-order valence-electron chi connectivity index (χ4n) is 5.38. The van der Waals surface area contributed by atoms with Crippen molar-refractivity contribution in [1.82, 2.24) is 5.32 Å². The molecular weight excluding hydrogens is 478 g/mol. The molecule has 0 unspecified atom stereocenters. The lowest BCUT2D eigenvalue weighted by molar-refractivity contribution is -0.121. The molecule has 0 aliphatic carbocycles. The zero-order chi connectivity index (χ0) is 28.3. The molecule has 39 heavy (non-hydrogen) atoms.